The summed E-state index contributed by atoms with van der Waals surface area (Å²) in [6.07, 6.45) is 1.70. The van der Waals surface area contributed by atoms with Gasteiger partial charge in [0, 0.05) is 17.0 Å². The van der Waals surface area contributed by atoms with Crippen molar-refractivity contribution in [3.8, 4) is 17.7 Å². The lowest BCUT2D eigenvalue weighted by atomic mass is 9.89. The number of methoxy groups -OCH3 is 1. The van der Waals surface area contributed by atoms with Gasteiger partial charge in [0.1, 0.15) is 5.75 Å². The Labute approximate surface area is 159 Å². The predicted molar refractivity (Wildman–Crippen MR) is 99.7 cm³/mol. The zero-order valence-corrected chi connectivity index (χ0v) is 14.9. The highest BCUT2D eigenvalue weighted by Crippen LogP contribution is 2.34. The van der Waals surface area contributed by atoms with Crippen molar-refractivity contribution < 1.29 is 19.4 Å². The Morgan fingerprint density at radius 1 is 1.21 bits per heavy atom. The van der Waals surface area contributed by atoms with Crippen molar-refractivity contribution in [1.29, 1.82) is 5.26 Å². The minimum Gasteiger partial charge on any atom is -0.497 e. The number of fused-ring (bicyclic) bond motifs is 1. The van der Waals surface area contributed by atoms with Crippen molar-refractivity contribution in [3.05, 3.63) is 59.8 Å². The Kier molecular flexibility index (Phi) is 3.93. The Balaban J connectivity index is 1.82. The molecule has 2 heterocycles. The third-order valence-electron chi connectivity index (χ3n) is 4.92. The maximum atomic E-state index is 12.7. The molecular weight excluding hydrogens is 360 g/mol. The molecule has 3 aromatic rings. The molecular formula is C20H16N4O4. The summed E-state index contributed by atoms with van der Waals surface area (Å²) in [5.74, 6) is 0.0158. The summed E-state index contributed by atoms with van der Waals surface area (Å²) >= 11 is 0. The number of nitrogens with one attached hydrogen (secondary N) is 2. The molecule has 1 saturated heterocycles. The lowest BCUT2D eigenvalue weighted by Crippen LogP contribution is -2.47. The highest BCUT2D eigenvalue weighted by Gasteiger charge is 2.48. The van der Waals surface area contributed by atoms with Crippen LogP contribution in [0.1, 0.15) is 11.1 Å². The molecule has 0 spiro atoms. The standard InChI is InChI=1S/C20H16N4O4/c1-28-15-7-4-13-10-24(17(25)16(13)8-15)11-20(18(26)22-19(27)23-20)14-5-2-12(9-21)3-6-14/h2-8,10,25H,11H2,1H3,(H2,22,23,26,27)/t20-/m0/s1. The molecule has 2 aromatic carbocycles. The average molecular weight is 376 g/mol. The van der Waals surface area contributed by atoms with Crippen LogP contribution < -0.4 is 15.4 Å². The third-order valence-corrected chi connectivity index (χ3v) is 4.92. The van der Waals surface area contributed by atoms with Gasteiger partial charge in [0.2, 0.25) is 0 Å². The molecule has 28 heavy (non-hydrogen) atoms. The first-order valence-electron chi connectivity index (χ1n) is 8.47. The number of hydrogen-bond donors (Lipinski definition) is 3. The number of nitrogens with zero attached hydrogens (tertiary/aromatic N) is 2. The monoisotopic (exact) mass is 376 g/mol. The highest BCUT2D eigenvalue weighted by atomic mass is 16.5. The Hall–Kier alpha value is -3.99. The second-order valence-corrected chi connectivity index (χ2v) is 6.54. The first-order valence-corrected chi connectivity index (χ1v) is 8.47. The number of carbonyl (C=O) groups excluding carboxylic acids is 2. The van der Waals surface area contributed by atoms with E-state index in [9.17, 15) is 14.7 Å². The van der Waals surface area contributed by atoms with Crippen molar-refractivity contribution in [2.24, 2.45) is 0 Å². The van der Waals surface area contributed by atoms with Gasteiger partial charge in [-0.1, -0.05) is 12.1 Å². The van der Waals surface area contributed by atoms with Crippen molar-refractivity contribution in [2.75, 3.05) is 7.11 Å². The molecule has 3 amide bonds. The van der Waals surface area contributed by atoms with E-state index in [1.807, 2.05) is 6.07 Å². The van der Waals surface area contributed by atoms with Crippen LogP contribution in [0, 0.1) is 11.3 Å². The van der Waals surface area contributed by atoms with Crippen molar-refractivity contribution >= 4 is 22.7 Å². The van der Waals surface area contributed by atoms with Crippen LogP contribution in [0.5, 0.6) is 11.6 Å². The minimum absolute atomic E-state index is 0.0285. The van der Waals surface area contributed by atoms with Crippen LogP contribution in [0.2, 0.25) is 0 Å². The number of hydrogen-bond acceptors (Lipinski definition) is 5. The minimum atomic E-state index is -1.42. The second kappa shape index (κ2) is 6.32. The fraction of sp³-hybridized carbons (Fsp3) is 0.150. The maximum absolute atomic E-state index is 12.7. The molecule has 8 heteroatoms. The molecule has 0 radical (unpaired) electrons. The number of aromatic nitrogens is 1. The van der Waals surface area contributed by atoms with Gasteiger partial charge in [-0.05, 0) is 35.9 Å². The Morgan fingerprint density at radius 2 is 1.96 bits per heavy atom. The predicted octanol–water partition coefficient (Wildman–Crippen LogP) is 1.96. The zero-order valence-electron chi connectivity index (χ0n) is 14.9. The van der Waals surface area contributed by atoms with Crippen molar-refractivity contribution in [3.63, 3.8) is 0 Å². The van der Waals surface area contributed by atoms with Gasteiger partial charge in [-0.2, -0.15) is 5.26 Å². The topological polar surface area (TPSA) is 116 Å². The maximum Gasteiger partial charge on any atom is 0.322 e. The van der Waals surface area contributed by atoms with Crippen molar-refractivity contribution in [1.82, 2.24) is 15.2 Å². The van der Waals surface area contributed by atoms with Crippen LogP contribution in [0.3, 0.4) is 0 Å². The van der Waals surface area contributed by atoms with Crippen LogP contribution in [-0.2, 0) is 16.9 Å². The summed E-state index contributed by atoms with van der Waals surface area (Å²) in [4.78, 5) is 24.6. The SMILES string of the molecule is COc1ccc2cn(C[C@@]3(c4ccc(C#N)cc4)NC(=O)NC3=O)c(O)c2c1. The number of aromatic hydroxyl groups is 1. The summed E-state index contributed by atoms with van der Waals surface area (Å²) in [5.41, 5.74) is -0.475. The van der Waals surface area contributed by atoms with Gasteiger partial charge < -0.3 is 19.7 Å². The van der Waals surface area contributed by atoms with Gasteiger partial charge >= 0.3 is 6.03 Å². The van der Waals surface area contributed by atoms with Gasteiger partial charge in [0.25, 0.3) is 5.91 Å². The van der Waals surface area contributed by atoms with E-state index in [0.717, 1.165) is 5.39 Å². The number of benzene rings is 2. The number of carbonyl (C=O) groups is 2. The molecule has 3 N–H and O–H groups in total. The average Bonchev–Trinajstić information content (AvgIpc) is 3.17. The Morgan fingerprint density at radius 3 is 2.57 bits per heavy atom. The summed E-state index contributed by atoms with van der Waals surface area (Å²) in [5, 5.41) is 25.9. The third kappa shape index (κ3) is 2.61. The number of imide groups is 1. The first-order chi connectivity index (χ1) is 13.5. The second-order valence-electron chi connectivity index (χ2n) is 6.54. The number of rotatable bonds is 4. The smallest absolute Gasteiger partial charge is 0.322 e. The zero-order chi connectivity index (χ0) is 19.9. The number of urea groups is 1. The molecule has 140 valence electrons. The largest absolute Gasteiger partial charge is 0.497 e. The van der Waals surface area contributed by atoms with E-state index >= 15 is 0 Å². The molecule has 1 fully saturated rings. The van der Waals surface area contributed by atoms with Gasteiger partial charge in [-0.15, -0.1) is 0 Å². The van der Waals surface area contributed by atoms with E-state index in [4.69, 9.17) is 10.00 Å². The number of amides is 3. The van der Waals surface area contributed by atoms with Crippen LogP contribution >= 0.6 is 0 Å². The summed E-state index contributed by atoms with van der Waals surface area (Å²) in [6, 6.07) is 13.1. The summed E-state index contributed by atoms with van der Waals surface area (Å²) in [7, 11) is 1.54. The van der Waals surface area contributed by atoms with Gasteiger partial charge in [0.05, 0.1) is 25.3 Å². The first kappa shape index (κ1) is 17.4. The van der Waals surface area contributed by atoms with Crippen LogP contribution in [0.4, 0.5) is 4.79 Å². The van der Waals surface area contributed by atoms with Gasteiger partial charge in [-0.25, -0.2) is 4.79 Å². The highest BCUT2D eigenvalue weighted by molar-refractivity contribution is 6.07. The van der Waals surface area contributed by atoms with E-state index in [2.05, 4.69) is 10.6 Å². The fourth-order valence-corrected chi connectivity index (χ4v) is 3.46. The number of nitriles is 1. The number of ether oxygens (including phenoxy) is 1. The Bertz CT molecular complexity index is 1140. The molecule has 1 atom stereocenters. The van der Waals surface area contributed by atoms with Crippen molar-refractivity contribution in [2.45, 2.75) is 12.1 Å². The molecule has 8 nitrogen and oxygen atoms in total. The van der Waals surface area contributed by atoms with Gasteiger partial charge in [0.15, 0.2) is 11.4 Å². The molecule has 0 aliphatic carbocycles. The quantitative estimate of drug-likeness (QED) is 0.602. The molecule has 1 aromatic heterocycles. The molecule has 4 rings (SSSR count). The lowest BCUT2D eigenvalue weighted by Gasteiger charge is -2.27. The normalized spacial score (nSPS) is 18.6. The fourth-order valence-electron chi connectivity index (χ4n) is 3.46. The van der Waals surface area contributed by atoms with E-state index in [1.54, 1.807) is 48.7 Å². The molecule has 0 saturated carbocycles. The van der Waals surface area contributed by atoms with Crippen LogP contribution in [-0.4, -0.2) is 28.7 Å². The van der Waals surface area contributed by atoms with Crippen LogP contribution in [0.25, 0.3) is 10.8 Å². The van der Waals surface area contributed by atoms with Crippen LogP contribution in [0.15, 0.2) is 48.7 Å². The van der Waals surface area contributed by atoms with E-state index in [1.165, 1.54) is 11.7 Å². The molecule has 1 aliphatic heterocycles. The molecule has 0 bridgehead atoms. The lowest BCUT2D eigenvalue weighted by molar-refractivity contribution is -0.124. The molecule has 0 unspecified atom stereocenters. The summed E-state index contributed by atoms with van der Waals surface area (Å²) < 4.78 is 6.70. The van der Waals surface area contributed by atoms with E-state index in [-0.39, 0.29) is 12.4 Å². The van der Waals surface area contributed by atoms with Gasteiger partial charge in [-0.3, -0.25) is 10.1 Å². The van der Waals surface area contributed by atoms with E-state index in [0.29, 0.717) is 22.3 Å². The van der Waals surface area contributed by atoms with E-state index < -0.39 is 17.5 Å². The molecule has 1 aliphatic rings. The summed E-state index contributed by atoms with van der Waals surface area (Å²) in [6.45, 7) is -0.0285.